The van der Waals surface area contributed by atoms with Crippen molar-refractivity contribution in [3.8, 4) is 0 Å². The van der Waals surface area contributed by atoms with E-state index in [0.717, 1.165) is 0 Å². The fraction of sp³-hybridized carbons (Fsp3) is 0.0769. The smallest absolute Gasteiger partial charge is 0.273 e. The van der Waals surface area contributed by atoms with Crippen LogP contribution in [0.1, 0.15) is 16.2 Å². The van der Waals surface area contributed by atoms with Crippen molar-refractivity contribution in [2.24, 2.45) is 0 Å². The number of aromatic nitrogens is 2. The zero-order valence-corrected chi connectivity index (χ0v) is 10.3. The quantitative estimate of drug-likeness (QED) is 0.804. The third-order valence-corrected chi connectivity index (χ3v) is 2.36. The molecule has 2 N–H and O–H groups in total. The first kappa shape index (κ1) is 13.6. The van der Waals surface area contributed by atoms with Crippen molar-refractivity contribution < 1.29 is 14.0 Å². The van der Waals surface area contributed by atoms with Gasteiger partial charge in [0.2, 0.25) is 11.7 Å². The van der Waals surface area contributed by atoms with Gasteiger partial charge in [-0.25, -0.2) is 14.4 Å². The molecule has 2 aromatic rings. The summed E-state index contributed by atoms with van der Waals surface area (Å²) in [6, 6.07) is 7.09. The average Bonchev–Trinajstić information content (AvgIpc) is 2.48. The zero-order valence-electron chi connectivity index (χ0n) is 10.3. The van der Waals surface area contributed by atoms with E-state index in [1.165, 1.54) is 36.7 Å². The molecule has 1 aromatic carbocycles. The van der Waals surface area contributed by atoms with Gasteiger partial charge in [0.25, 0.3) is 0 Å². The maximum absolute atomic E-state index is 12.7. The summed E-state index contributed by atoms with van der Waals surface area (Å²) in [6.45, 7) is 0. The monoisotopic (exact) mass is 274 g/mol. The third-order valence-electron chi connectivity index (χ3n) is 2.36. The topological polar surface area (TPSA) is 84.0 Å². The maximum atomic E-state index is 12.7. The van der Waals surface area contributed by atoms with Crippen LogP contribution in [0.5, 0.6) is 0 Å². The van der Waals surface area contributed by atoms with Crippen molar-refractivity contribution in [3.63, 3.8) is 0 Å². The van der Waals surface area contributed by atoms with Gasteiger partial charge in [0, 0.05) is 12.4 Å². The van der Waals surface area contributed by atoms with Crippen molar-refractivity contribution >= 4 is 11.8 Å². The molecule has 2 amide bonds. The number of halogens is 1. The minimum atomic E-state index is -0.613. The summed E-state index contributed by atoms with van der Waals surface area (Å²) in [5, 5.41) is 0. The normalized spacial score (nSPS) is 9.85. The highest BCUT2D eigenvalue weighted by Gasteiger charge is 2.09. The van der Waals surface area contributed by atoms with E-state index in [2.05, 4.69) is 20.8 Å². The molecule has 7 heteroatoms. The van der Waals surface area contributed by atoms with Crippen molar-refractivity contribution in [1.29, 1.82) is 0 Å². The van der Waals surface area contributed by atoms with Gasteiger partial charge in [-0.1, -0.05) is 12.1 Å². The third kappa shape index (κ3) is 3.84. The number of benzene rings is 1. The Bertz CT molecular complexity index is 602. The lowest BCUT2D eigenvalue weighted by Crippen LogP contribution is -2.43. The molecule has 0 atom stereocenters. The van der Waals surface area contributed by atoms with Crippen LogP contribution >= 0.6 is 0 Å². The Hall–Kier alpha value is -2.83. The fourth-order valence-corrected chi connectivity index (χ4v) is 1.43. The molecule has 0 spiro atoms. The van der Waals surface area contributed by atoms with Crippen LogP contribution in [0.3, 0.4) is 0 Å². The molecular formula is C13H11FN4O2. The highest BCUT2D eigenvalue weighted by Crippen LogP contribution is 2.03. The average molecular weight is 274 g/mol. The molecule has 102 valence electrons. The van der Waals surface area contributed by atoms with E-state index < -0.39 is 11.8 Å². The van der Waals surface area contributed by atoms with E-state index in [9.17, 15) is 14.0 Å². The number of nitrogens with zero attached hydrogens (tertiary/aromatic N) is 2. The zero-order chi connectivity index (χ0) is 14.4. The number of carbonyl (C=O) groups is 2. The van der Waals surface area contributed by atoms with Gasteiger partial charge in [-0.2, -0.15) is 0 Å². The van der Waals surface area contributed by atoms with E-state index >= 15 is 0 Å². The summed E-state index contributed by atoms with van der Waals surface area (Å²) in [5.41, 5.74) is 5.06. The van der Waals surface area contributed by atoms with Gasteiger partial charge in [-0.05, 0) is 23.8 Å². The summed E-state index contributed by atoms with van der Waals surface area (Å²) in [7, 11) is 0. The highest BCUT2D eigenvalue weighted by atomic mass is 19.1. The van der Waals surface area contributed by atoms with Crippen LogP contribution in [0.15, 0.2) is 42.7 Å². The first-order chi connectivity index (χ1) is 9.65. The standard InChI is InChI=1S/C13H11FN4O2/c14-10-4-2-9(3-5-10)8-11(19)17-18-13(20)12-15-6-1-7-16-12/h1-7H,8H2,(H,17,19)(H,18,20). The predicted molar refractivity (Wildman–Crippen MR) is 67.7 cm³/mol. The molecular weight excluding hydrogens is 263 g/mol. The molecule has 0 saturated heterocycles. The van der Waals surface area contributed by atoms with Crippen LogP contribution in [0.4, 0.5) is 4.39 Å². The SMILES string of the molecule is O=C(Cc1ccc(F)cc1)NNC(=O)c1ncccn1. The lowest BCUT2D eigenvalue weighted by Gasteiger charge is -2.06. The van der Waals surface area contributed by atoms with Crippen molar-refractivity contribution in [2.45, 2.75) is 6.42 Å². The molecule has 0 bridgehead atoms. The summed E-state index contributed by atoms with van der Waals surface area (Å²) in [6.07, 6.45) is 2.86. The highest BCUT2D eigenvalue weighted by molar-refractivity contribution is 5.92. The largest absolute Gasteiger partial charge is 0.307 e. The second-order valence-corrected chi connectivity index (χ2v) is 3.88. The Kier molecular flexibility index (Phi) is 4.33. The lowest BCUT2D eigenvalue weighted by atomic mass is 10.1. The minimum absolute atomic E-state index is 0.0240. The number of hydrazine groups is 1. The van der Waals surface area contributed by atoms with Gasteiger partial charge in [-0.3, -0.25) is 20.4 Å². The van der Waals surface area contributed by atoms with Gasteiger partial charge < -0.3 is 0 Å². The summed E-state index contributed by atoms with van der Waals surface area (Å²) >= 11 is 0. The first-order valence-corrected chi connectivity index (χ1v) is 5.76. The van der Waals surface area contributed by atoms with E-state index in [4.69, 9.17) is 0 Å². The Morgan fingerprint density at radius 1 is 1.05 bits per heavy atom. The Morgan fingerprint density at radius 2 is 1.70 bits per heavy atom. The number of rotatable bonds is 3. The Morgan fingerprint density at radius 3 is 2.35 bits per heavy atom. The number of carbonyl (C=O) groups excluding carboxylic acids is 2. The Balaban J connectivity index is 1.83. The van der Waals surface area contributed by atoms with Gasteiger partial charge in [0.15, 0.2) is 0 Å². The van der Waals surface area contributed by atoms with Crippen LogP contribution in [-0.2, 0) is 11.2 Å². The van der Waals surface area contributed by atoms with E-state index in [-0.39, 0.29) is 18.1 Å². The molecule has 0 aliphatic heterocycles. The van der Waals surface area contributed by atoms with E-state index in [1.807, 2.05) is 0 Å². The van der Waals surface area contributed by atoms with Crippen LogP contribution in [0.2, 0.25) is 0 Å². The van der Waals surface area contributed by atoms with Crippen LogP contribution < -0.4 is 10.9 Å². The number of nitrogens with one attached hydrogen (secondary N) is 2. The van der Waals surface area contributed by atoms with Crippen molar-refractivity contribution in [3.05, 3.63) is 59.9 Å². The first-order valence-electron chi connectivity index (χ1n) is 5.76. The number of hydrogen-bond donors (Lipinski definition) is 2. The molecule has 6 nitrogen and oxygen atoms in total. The summed E-state index contributed by atoms with van der Waals surface area (Å²) in [4.78, 5) is 30.6. The van der Waals surface area contributed by atoms with E-state index in [0.29, 0.717) is 5.56 Å². The fourth-order valence-electron chi connectivity index (χ4n) is 1.43. The molecule has 0 unspecified atom stereocenters. The van der Waals surface area contributed by atoms with Crippen LogP contribution in [-0.4, -0.2) is 21.8 Å². The molecule has 1 aromatic heterocycles. The maximum Gasteiger partial charge on any atom is 0.307 e. The van der Waals surface area contributed by atoms with Gasteiger partial charge in [0.1, 0.15) is 5.82 Å². The second-order valence-electron chi connectivity index (χ2n) is 3.88. The van der Waals surface area contributed by atoms with Gasteiger partial charge >= 0.3 is 5.91 Å². The second kappa shape index (κ2) is 6.37. The molecule has 20 heavy (non-hydrogen) atoms. The number of amides is 2. The Labute approximate surface area is 114 Å². The van der Waals surface area contributed by atoms with E-state index in [1.54, 1.807) is 6.07 Å². The molecule has 2 rings (SSSR count). The number of hydrogen-bond acceptors (Lipinski definition) is 4. The van der Waals surface area contributed by atoms with Crippen LogP contribution in [0.25, 0.3) is 0 Å². The summed E-state index contributed by atoms with van der Waals surface area (Å²) in [5.74, 6) is -1.46. The molecule has 0 aliphatic carbocycles. The van der Waals surface area contributed by atoms with Crippen molar-refractivity contribution in [2.75, 3.05) is 0 Å². The molecule has 0 fully saturated rings. The minimum Gasteiger partial charge on any atom is -0.273 e. The molecule has 1 heterocycles. The predicted octanol–water partition coefficient (Wildman–Crippen LogP) is 0.619. The lowest BCUT2D eigenvalue weighted by molar-refractivity contribution is -0.121. The van der Waals surface area contributed by atoms with Crippen LogP contribution in [0, 0.1) is 5.82 Å². The van der Waals surface area contributed by atoms with Gasteiger partial charge in [-0.15, -0.1) is 0 Å². The molecule has 0 saturated carbocycles. The van der Waals surface area contributed by atoms with Gasteiger partial charge in [0.05, 0.1) is 6.42 Å². The van der Waals surface area contributed by atoms with Crippen molar-refractivity contribution in [1.82, 2.24) is 20.8 Å². The molecule has 0 radical (unpaired) electrons. The molecule has 0 aliphatic rings. The summed E-state index contributed by atoms with van der Waals surface area (Å²) < 4.78 is 12.7.